The van der Waals surface area contributed by atoms with Crippen LogP contribution in [0.3, 0.4) is 0 Å². The molecule has 45 heavy (non-hydrogen) atoms. The first-order valence-electron chi connectivity index (χ1n) is 14.4. The van der Waals surface area contributed by atoms with E-state index in [9.17, 15) is 4.79 Å². The summed E-state index contributed by atoms with van der Waals surface area (Å²) in [6.07, 6.45) is 8.93. The van der Waals surface area contributed by atoms with Crippen LogP contribution in [0.15, 0.2) is 77.7 Å². The largest absolute Gasteiger partial charge is 0.493 e. The third-order valence-corrected chi connectivity index (χ3v) is 8.00. The Morgan fingerprint density at radius 3 is 2.47 bits per heavy atom. The minimum absolute atomic E-state index is 0.198. The van der Waals surface area contributed by atoms with Gasteiger partial charge in [-0.2, -0.15) is 14.6 Å². The Morgan fingerprint density at radius 1 is 0.933 bits per heavy atom. The van der Waals surface area contributed by atoms with Crippen LogP contribution in [0.2, 0.25) is 0 Å². The number of fused-ring (bicyclic) bond motifs is 1. The summed E-state index contributed by atoms with van der Waals surface area (Å²) in [6, 6.07) is 19.9. The van der Waals surface area contributed by atoms with E-state index in [1.54, 1.807) is 43.2 Å². The van der Waals surface area contributed by atoms with Crippen LogP contribution in [-0.4, -0.2) is 45.2 Å². The summed E-state index contributed by atoms with van der Waals surface area (Å²) < 4.78 is 34.7. The van der Waals surface area contributed by atoms with Crippen LogP contribution in [-0.2, 0) is 0 Å². The van der Waals surface area contributed by atoms with Crippen molar-refractivity contribution in [1.29, 1.82) is 0 Å². The second-order valence-electron chi connectivity index (χ2n) is 10.1. The Balaban J connectivity index is 1.35. The zero-order valence-electron chi connectivity index (χ0n) is 24.9. The molecule has 0 unspecified atom stereocenters. The molecule has 0 amide bonds. The van der Waals surface area contributed by atoms with Crippen molar-refractivity contribution in [3.8, 4) is 34.2 Å². The molecule has 6 rings (SSSR count). The molecule has 0 spiro atoms. The van der Waals surface area contributed by atoms with Crippen molar-refractivity contribution < 1.29 is 18.6 Å². The highest BCUT2D eigenvalue weighted by atomic mass is 32.1. The summed E-state index contributed by atoms with van der Waals surface area (Å²) in [7, 11) is 3.16. The first kappa shape index (κ1) is 29.8. The molecule has 0 radical (unpaired) electrons. The van der Waals surface area contributed by atoms with Crippen molar-refractivity contribution in [1.82, 2.24) is 24.4 Å². The van der Waals surface area contributed by atoms with Crippen molar-refractivity contribution in [3.05, 3.63) is 111 Å². The van der Waals surface area contributed by atoms with Gasteiger partial charge < -0.3 is 14.2 Å². The Morgan fingerprint density at radius 2 is 1.73 bits per heavy atom. The predicted molar refractivity (Wildman–Crippen MR) is 174 cm³/mol. The predicted octanol–water partition coefficient (Wildman–Crippen LogP) is 6.06. The van der Waals surface area contributed by atoms with Crippen LogP contribution in [0, 0.1) is 5.82 Å². The SMILES string of the molecule is CCCCOc1ccc(-c2nn(-c3ccccc3)cc2/C=c2\sc3nc(/C=C/c4ccc(OC)c(OC)c4)nn3c2=O)cc1F. The zero-order valence-corrected chi connectivity index (χ0v) is 25.8. The van der Waals surface area contributed by atoms with E-state index in [-0.39, 0.29) is 11.3 Å². The molecule has 3 aromatic heterocycles. The van der Waals surface area contributed by atoms with E-state index in [0.717, 1.165) is 24.1 Å². The summed E-state index contributed by atoms with van der Waals surface area (Å²) in [5.74, 6) is 1.36. The number of halogens is 1. The second-order valence-corrected chi connectivity index (χ2v) is 11.1. The van der Waals surface area contributed by atoms with Crippen molar-refractivity contribution in [3.63, 3.8) is 0 Å². The van der Waals surface area contributed by atoms with Gasteiger partial charge in [0.05, 0.1) is 31.0 Å². The molecule has 6 aromatic rings. The highest BCUT2D eigenvalue weighted by Crippen LogP contribution is 2.30. The molecule has 228 valence electrons. The molecule has 0 aliphatic carbocycles. The maximum Gasteiger partial charge on any atom is 0.291 e. The Bertz CT molecular complexity index is 2100. The molecule has 0 N–H and O–H groups in total. The molecule has 0 aliphatic rings. The van der Waals surface area contributed by atoms with Crippen LogP contribution in [0.5, 0.6) is 17.2 Å². The molecule has 0 saturated carbocycles. The lowest BCUT2D eigenvalue weighted by molar-refractivity contribution is 0.294. The number of unbranched alkanes of at least 4 members (excludes halogenated alkanes) is 1. The van der Waals surface area contributed by atoms with Gasteiger partial charge in [-0.05, 0) is 66.6 Å². The lowest BCUT2D eigenvalue weighted by Crippen LogP contribution is -2.23. The number of nitrogens with zero attached hydrogens (tertiary/aromatic N) is 5. The van der Waals surface area contributed by atoms with Gasteiger partial charge in [0.25, 0.3) is 5.56 Å². The quantitative estimate of drug-likeness (QED) is 0.162. The molecule has 11 heteroatoms. The summed E-state index contributed by atoms with van der Waals surface area (Å²) in [6.45, 7) is 2.50. The fraction of sp³-hybridized carbons (Fsp3) is 0.176. The molecule has 3 aromatic carbocycles. The van der Waals surface area contributed by atoms with Gasteiger partial charge in [0.15, 0.2) is 28.9 Å². The first-order chi connectivity index (χ1) is 22.0. The third kappa shape index (κ3) is 6.34. The van der Waals surface area contributed by atoms with Crippen LogP contribution in [0.1, 0.15) is 36.7 Å². The van der Waals surface area contributed by atoms with Crippen molar-refractivity contribution in [2.75, 3.05) is 20.8 Å². The number of para-hydroxylation sites is 1. The van der Waals surface area contributed by atoms with Gasteiger partial charge in [-0.25, -0.2) is 9.07 Å². The van der Waals surface area contributed by atoms with E-state index in [1.807, 2.05) is 60.8 Å². The van der Waals surface area contributed by atoms with Crippen molar-refractivity contribution >= 4 is 34.5 Å². The smallest absolute Gasteiger partial charge is 0.291 e. The van der Waals surface area contributed by atoms with E-state index in [1.165, 1.54) is 21.9 Å². The van der Waals surface area contributed by atoms with E-state index in [4.69, 9.17) is 19.3 Å². The molecule has 0 saturated heterocycles. The van der Waals surface area contributed by atoms with Crippen LogP contribution in [0.25, 0.3) is 40.1 Å². The Hall–Kier alpha value is -5.29. The average molecular weight is 624 g/mol. The fourth-order valence-corrected chi connectivity index (χ4v) is 5.62. The average Bonchev–Trinajstić information content (AvgIpc) is 3.75. The minimum Gasteiger partial charge on any atom is -0.493 e. The second kappa shape index (κ2) is 13.1. The lowest BCUT2D eigenvalue weighted by atomic mass is 10.1. The molecule has 0 bridgehead atoms. The monoisotopic (exact) mass is 623 g/mol. The number of hydrogen-bond acceptors (Lipinski definition) is 8. The molecule has 9 nitrogen and oxygen atoms in total. The summed E-state index contributed by atoms with van der Waals surface area (Å²) in [5.41, 5.74) is 3.11. The van der Waals surface area contributed by atoms with Crippen molar-refractivity contribution in [2.45, 2.75) is 19.8 Å². The zero-order chi connectivity index (χ0) is 31.3. The number of rotatable bonds is 11. The van der Waals surface area contributed by atoms with Gasteiger partial charge in [-0.1, -0.05) is 55.0 Å². The molecular formula is C34H30FN5O4S. The highest BCUT2D eigenvalue weighted by molar-refractivity contribution is 7.15. The number of hydrogen-bond donors (Lipinski definition) is 0. The van der Waals surface area contributed by atoms with Crippen LogP contribution < -0.4 is 24.3 Å². The lowest BCUT2D eigenvalue weighted by Gasteiger charge is -2.08. The molecule has 0 aliphatic heterocycles. The number of ether oxygens (including phenoxy) is 3. The maximum absolute atomic E-state index is 15.0. The van der Waals surface area contributed by atoms with Crippen molar-refractivity contribution in [2.24, 2.45) is 0 Å². The number of aromatic nitrogens is 5. The standard InChI is InChI=1S/C34H30FN5O4S/c1-4-5-17-44-27-15-13-23(19-26(27)35)32-24(21-39(38-32)25-9-7-6-8-10-25)20-30-33(41)40-34(45-30)36-31(37-40)16-12-22-11-14-28(42-2)29(18-22)43-3/h6-16,18-21H,4-5,17H2,1-3H3/b16-12+,30-20-. The van der Waals surface area contributed by atoms with Gasteiger partial charge >= 0.3 is 0 Å². The Kier molecular flexibility index (Phi) is 8.70. The molecular weight excluding hydrogens is 593 g/mol. The van der Waals surface area contributed by atoms with Crippen LogP contribution >= 0.6 is 11.3 Å². The first-order valence-corrected chi connectivity index (χ1v) is 15.2. The number of methoxy groups -OCH3 is 2. The van der Waals surface area contributed by atoms with Gasteiger partial charge in [0.1, 0.15) is 5.69 Å². The van der Waals surface area contributed by atoms with Gasteiger partial charge in [0.2, 0.25) is 4.96 Å². The van der Waals surface area contributed by atoms with E-state index >= 15 is 4.39 Å². The van der Waals surface area contributed by atoms with Crippen LogP contribution in [0.4, 0.5) is 4.39 Å². The normalized spacial score (nSPS) is 12.0. The Labute approximate surface area is 262 Å². The third-order valence-electron chi connectivity index (χ3n) is 7.04. The highest BCUT2D eigenvalue weighted by Gasteiger charge is 2.16. The summed E-state index contributed by atoms with van der Waals surface area (Å²) >= 11 is 1.22. The molecule has 3 heterocycles. The number of thiazole rings is 1. The molecule has 0 fully saturated rings. The van der Waals surface area contributed by atoms with E-state index in [2.05, 4.69) is 17.0 Å². The topological polar surface area (TPSA) is 92.8 Å². The fourth-order valence-electron chi connectivity index (χ4n) is 4.71. The van der Waals surface area contributed by atoms with E-state index in [0.29, 0.717) is 50.2 Å². The summed E-state index contributed by atoms with van der Waals surface area (Å²) in [5, 5.41) is 9.18. The van der Waals surface area contributed by atoms with Gasteiger partial charge in [0, 0.05) is 17.3 Å². The van der Waals surface area contributed by atoms with Gasteiger partial charge in [-0.15, -0.1) is 5.10 Å². The van der Waals surface area contributed by atoms with E-state index < -0.39 is 5.82 Å². The maximum atomic E-state index is 15.0. The summed E-state index contributed by atoms with van der Waals surface area (Å²) in [4.78, 5) is 18.4. The minimum atomic E-state index is -0.471. The number of benzene rings is 3. The molecule has 0 atom stereocenters. The van der Waals surface area contributed by atoms with Gasteiger partial charge in [-0.3, -0.25) is 4.79 Å².